The van der Waals surface area contributed by atoms with Gasteiger partial charge in [0.2, 0.25) is 0 Å². The second kappa shape index (κ2) is 6.29. The van der Waals surface area contributed by atoms with Gasteiger partial charge in [0.25, 0.3) is 10.0 Å². The molecule has 0 amide bonds. The van der Waals surface area contributed by atoms with Crippen LogP contribution in [-0.2, 0) is 17.1 Å². The molecule has 8 nitrogen and oxygen atoms in total. The molecule has 1 aromatic heterocycles. The van der Waals surface area contributed by atoms with Crippen molar-refractivity contribution in [1.29, 1.82) is 0 Å². The smallest absolute Gasteiger partial charge is 0.335 e. The zero-order valence-corrected chi connectivity index (χ0v) is 13.7. The Hall–Kier alpha value is -2.55. The predicted molar refractivity (Wildman–Crippen MR) is 83.2 cm³/mol. The number of hydrogen-bond acceptors (Lipinski definition) is 5. The van der Waals surface area contributed by atoms with Crippen molar-refractivity contribution < 1.29 is 23.1 Å². The summed E-state index contributed by atoms with van der Waals surface area (Å²) in [4.78, 5) is 14.9. The van der Waals surface area contributed by atoms with Crippen LogP contribution in [0, 0.1) is 0 Å². The number of aromatic carboxylic acids is 1. The minimum atomic E-state index is -3.95. The Bertz CT molecular complexity index is 827. The van der Waals surface area contributed by atoms with Gasteiger partial charge >= 0.3 is 5.97 Å². The number of anilines is 1. The quantitative estimate of drug-likeness (QED) is 0.829. The van der Waals surface area contributed by atoms with Crippen LogP contribution in [0.25, 0.3) is 0 Å². The third kappa shape index (κ3) is 4.01. The van der Waals surface area contributed by atoms with Gasteiger partial charge in [-0.05, 0) is 32.0 Å². The zero-order chi connectivity index (χ0) is 17.2. The van der Waals surface area contributed by atoms with Crippen molar-refractivity contribution in [2.75, 3.05) is 4.72 Å². The van der Waals surface area contributed by atoms with Crippen molar-refractivity contribution in [3.8, 4) is 5.75 Å². The first kappa shape index (κ1) is 16.8. The number of ether oxygens (including phenoxy) is 1. The Morgan fingerprint density at radius 3 is 2.61 bits per heavy atom. The lowest BCUT2D eigenvalue weighted by Gasteiger charge is -2.15. The average Bonchev–Trinajstić information content (AvgIpc) is 2.87. The number of imidazole rings is 1. The molecule has 0 saturated carbocycles. The molecular formula is C14H17N3O5S. The van der Waals surface area contributed by atoms with Gasteiger partial charge in [0.15, 0.2) is 5.03 Å². The molecule has 0 unspecified atom stereocenters. The largest absolute Gasteiger partial charge is 0.489 e. The topological polar surface area (TPSA) is 111 Å². The third-order valence-corrected chi connectivity index (χ3v) is 4.04. The van der Waals surface area contributed by atoms with E-state index in [2.05, 4.69) is 9.71 Å². The lowest BCUT2D eigenvalue weighted by molar-refractivity contribution is 0.0697. The average molecular weight is 339 g/mol. The first-order chi connectivity index (χ1) is 10.7. The molecule has 1 aromatic carbocycles. The first-order valence-electron chi connectivity index (χ1n) is 6.74. The second-order valence-corrected chi connectivity index (χ2v) is 6.79. The Balaban J connectivity index is 2.43. The van der Waals surface area contributed by atoms with E-state index in [0.717, 1.165) is 0 Å². The van der Waals surface area contributed by atoms with Crippen molar-refractivity contribution in [2.24, 2.45) is 7.05 Å². The summed E-state index contributed by atoms with van der Waals surface area (Å²) in [6.07, 6.45) is 2.49. The molecule has 0 saturated heterocycles. The van der Waals surface area contributed by atoms with E-state index in [1.165, 1.54) is 35.3 Å². The molecule has 2 N–H and O–H groups in total. The van der Waals surface area contributed by atoms with Crippen LogP contribution in [0.4, 0.5) is 5.69 Å². The number of aryl methyl sites for hydroxylation is 1. The van der Waals surface area contributed by atoms with E-state index in [1.54, 1.807) is 20.9 Å². The summed E-state index contributed by atoms with van der Waals surface area (Å²) in [7, 11) is -2.30. The highest BCUT2D eigenvalue weighted by Gasteiger charge is 2.20. The molecule has 2 aromatic rings. The minimum absolute atomic E-state index is 0.0456. The van der Waals surface area contributed by atoms with E-state index < -0.39 is 16.0 Å². The third-order valence-electron chi connectivity index (χ3n) is 2.79. The number of carboxylic acid groups (broad SMARTS) is 1. The van der Waals surface area contributed by atoms with Gasteiger partial charge in [0.1, 0.15) is 5.75 Å². The van der Waals surface area contributed by atoms with Crippen LogP contribution in [0.3, 0.4) is 0 Å². The van der Waals surface area contributed by atoms with Gasteiger partial charge in [-0.15, -0.1) is 0 Å². The summed E-state index contributed by atoms with van der Waals surface area (Å²) in [6, 6.07) is 3.97. The van der Waals surface area contributed by atoms with E-state index in [-0.39, 0.29) is 28.1 Å². The Labute approximate surface area is 133 Å². The number of sulfonamides is 1. The summed E-state index contributed by atoms with van der Waals surface area (Å²) in [5, 5.41) is 8.90. The maximum absolute atomic E-state index is 12.3. The Kier molecular flexibility index (Phi) is 4.60. The molecular weight excluding hydrogens is 322 g/mol. The Morgan fingerprint density at radius 2 is 2.09 bits per heavy atom. The highest BCUT2D eigenvalue weighted by molar-refractivity contribution is 7.92. The summed E-state index contributed by atoms with van der Waals surface area (Å²) >= 11 is 0. The fraction of sp³-hybridized carbons (Fsp3) is 0.286. The van der Waals surface area contributed by atoms with Crippen LogP contribution in [0.1, 0.15) is 24.2 Å². The Morgan fingerprint density at radius 1 is 1.39 bits per heavy atom. The van der Waals surface area contributed by atoms with Gasteiger partial charge in [-0.2, -0.15) is 8.42 Å². The van der Waals surface area contributed by atoms with Gasteiger partial charge in [-0.25, -0.2) is 9.78 Å². The monoisotopic (exact) mass is 339 g/mol. The maximum atomic E-state index is 12.3. The normalized spacial score (nSPS) is 11.5. The molecule has 0 radical (unpaired) electrons. The number of hydrogen-bond donors (Lipinski definition) is 2. The summed E-state index contributed by atoms with van der Waals surface area (Å²) in [5.74, 6) is -0.927. The molecule has 0 aliphatic heterocycles. The van der Waals surface area contributed by atoms with Crippen molar-refractivity contribution in [3.63, 3.8) is 0 Å². The number of aromatic nitrogens is 2. The molecule has 0 spiro atoms. The molecule has 0 atom stereocenters. The van der Waals surface area contributed by atoms with E-state index >= 15 is 0 Å². The molecule has 1 heterocycles. The number of nitrogens with one attached hydrogen (secondary N) is 1. The van der Waals surface area contributed by atoms with E-state index in [4.69, 9.17) is 9.84 Å². The second-order valence-electron chi connectivity index (χ2n) is 5.17. The lowest BCUT2D eigenvalue weighted by Crippen LogP contribution is -2.16. The molecule has 0 aliphatic carbocycles. The first-order valence-corrected chi connectivity index (χ1v) is 8.22. The van der Waals surface area contributed by atoms with Crippen LogP contribution in [0.15, 0.2) is 35.7 Å². The van der Waals surface area contributed by atoms with Crippen LogP contribution >= 0.6 is 0 Å². The van der Waals surface area contributed by atoms with Crippen LogP contribution < -0.4 is 9.46 Å². The lowest BCUT2D eigenvalue weighted by atomic mass is 10.2. The SMILES string of the molecule is CC(C)Oc1ccc(C(=O)O)cc1NS(=O)(=O)c1cn(C)cn1. The predicted octanol–water partition coefficient (Wildman–Crippen LogP) is 1.71. The van der Waals surface area contributed by atoms with Gasteiger partial charge < -0.3 is 14.4 Å². The molecule has 9 heteroatoms. The highest BCUT2D eigenvalue weighted by atomic mass is 32.2. The van der Waals surface area contributed by atoms with E-state index in [9.17, 15) is 13.2 Å². The fourth-order valence-corrected chi connectivity index (χ4v) is 2.87. The van der Waals surface area contributed by atoms with E-state index in [0.29, 0.717) is 0 Å². The van der Waals surface area contributed by atoms with Crippen LogP contribution in [-0.4, -0.2) is 35.1 Å². The highest BCUT2D eigenvalue weighted by Crippen LogP contribution is 2.29. The van der Waals surface area contributed by atoms with Gasteiger partial charge in [0.05, 0.1) is 23.7 Å². The number of benzene rings is 1. The fourth-order valence-electron chi connectivity index (χ4n) is 1.82. The number of carbonyl (C=O) groups is 1. The molecule has 0 aliphatic rings. The molecule has 23 heavy (non-hydrogen) atoms. The molecule has 2 rings (SSSR count). The van der Waals surface area contributed by atoms with Gasteiger partial charge in [0, 0.05) is 13.2 Å². The van der Waals surface area contributed by atoms with Crippen molar-refractivity contribution >= 4 is 21.7 Å². The van der Waals surface area contributed by atoms with Gasteiger partial charge in [-0.3, -0.25) is 4.72 Å². The molecule has 124 valence electrons. The molecule has 0 bridgehead atoms. The van der Waals surface area contributed by atoms with Gasteiger partial charge in [-0.1, -0.05) is 0 Å². The number of carboxylic acids is 1. The van der Waals surface area contributed by atoms with E-state index in [1.807, 2.05) is 0 Å². The van der Waals surface area contributed by atoms with Crippen LogP contribution in [0.5, 0.6) is 5.75 Å². The van der Waals surface area contributed by atoms with Crippen LogP contribution in [0.2, 0.25) is 0 Å². The summed E-state index contributed by atoms with van der Waals surface area (Å²) < 4.78 is 34.0. The number of rotatable bonds is 6. The summed E-state index contributed by atoms with van der Waals surface area (Å²) in [6.45, 7) is 3.56. The maximum Gasteiger partial charge on any atom is 0.335 e. The molecule has 0 fully saturated rings. The van der Waals surface area contributed by atoms with Crippen molar-refractivity contribution in [2.45, 2.75) is 25.0 Å². The minimum Gasteiger partial charge on any atom is -0.489 e. The summed E-state index contributed by atoms with van der Waals surface area (Å²) in [5.41, 5.74) is -0.0101. The zero-order valence-electron chi connectivity index (χ0n) is 12.8. The standard InChI is InChI=1S/C14H17N3O5S/c1-9(2)22-12-5-4-10(14(18)19)6-11(12)16-23(20,21)13-7-17(3)8-15-13/h4-9,16H,1-3H3,(H,18,19). The van der Waals surface area contributed by atoms with Crippen molar-refractivity contribution in [1.82, 2.24) is 9.55 Å². The number of nitrogens with zero attached hydrogens (tertiary/aromatic N) is 2. The van der Waals surface area contributed by atoms with Crippen molar-refractivity contribution in [3.05, 3.63) is 36.3 Å².